The molecule has 0 aliphatic rings. The van der Waals surface area contributed by atoms with Gasteiger partial charge in [0.2, 0.25) is 11.8 Å². The monoisotopic (exact) mass is 393 g/mol. The molecule has 2 atom stereocenters. The van der Waals surface area contributed by atoms with Crippen LogP contribution in [0.5, 0.6) is 0 Å². The molecule has 1 aromatic heterocycles. The van der Waals surface area contributed by atoms with Crippen LogP contribution in [0.2, 0.25) is 5.02 Å². The number of aromatic nitrogens is 1. The Bertz CT molecular complexity index is 790. The molecule has 5 nitrogen and oxygen atoms in total. The van der Waals surface area contributed by atoms with E-state index in [1.807, 2.05) is 18.2 Å². The summed E-state index contributed by atoms with van der Waals surface area (Å²) in [6, 6.07) is 5.48. The fraction of sp³-hybridized carbons (Fsp3) is 0.421. The molecule has 0 aliphatic carbocycles. The summed E-state index contributed by atoms with van der Waals surface area (Å²) in [4.78, 5) is 28.3. The van der Waals surface area contributed by atoms with Crippen molar-refractivity contribution in [2.45, 2.75) is 39.2 Å². The number of halogens is 1. The van der Waals surface area contributed by atoms with E-state index in [9.17, 15) is 9.59 Å². The average molecular weight is 394 g/mol. The van der Waals surface area contributed by atoms with Crippen molar-refractivity contribution in [3.63, 3.8) is 0 Å². The van der Waals surface area contributed by atoms with Crippen LogP contribution in [0.4, 0.5) is 0 Å². The third kappa shape index (κ3) is 5.81. The maximum atomic E-state index is 12.3. The second kappa shape index (κ2) is 9.69. The van der Waals surface area contributed by atoms with Crippen molar-refractivity contribution in [3.8, 4) is 0 Å². The molecule has 0 aliphatic heterocycles. The normalized spacial score (nSPS) is 13.2. The largest absolute Gasteiger partial charge is 0.351 e. The summed E-state index contributed by atoms with van der Waals surface area (Å²) in [5, 5.41) is 7.38. The zero-order chi connectivity index (χ0) is 19.1. The van der Waals surface area contributed by atoms with E-state index in [1.54, 1.807) is 11.3 Å². The Hall–Kier alpha value is -1.92. The summed E-state index contributed by atoms with van der Waals surface area (Å²) in [6.07, 6.45) is 3.08. The van der Waals surface area contributed by atoms with Crippen molar-refractivity contribution >= 4 is 45.0 Å². The Morgan fingerprint density at radius 3 is 2.88 bits per heavy atom. The molecule has 0 radical (unpaired) electrons. The number of carbonyl (C=O) groups excluding carboxylic acids is 2. The molecule has 7 heteroatoms. The van der Waals surface area contributed by atoms with Gasteiger partial charge >= 0.3 is 0 Å². The van der Waals surface area contributed by atoms with Crippen molar-refractivity contribution in [1.29, 1.82) is 0 Å². The number of nitrogens with zero attached hydrogens (tertiary/aromatic N) is 1. The molecule has 1 aromatic carbocycles. The van der Waals surface area contributed by atoms with Gasteiger partial charge in [0.15, 0.2) is 0 Å². The molecular formula is C19H24ClN3O2S. The number of benzene rings is 1. The van der Waals surface area contributed by atoms with Crippen molar-refractivity contribution in [2.24, 2.45) is 5.92 Å². The number of amides is 2. The number of thiazole rings is 1. The van der Waals surface area contributed by atoms with Gasteiger partial charge in [-0.3, -0.25) is 9.59 Å². The van der Waals surface area contributed by atoms with E-state index in [2.05, 4.69) is 36.0 Å². The van der Waals surface area contributed by atoms with Crippen LogP contribution < -0.4 is 10.6 Å². The van der Waals surface area contributed by atoms with Gasteiger partial charge in [0.25, 0.3) is 0 Å². The van der Waals surface area contributed by atoms with E-state index in [0.717, 1.165) is 21.6 Å². The van der Waals surface area contributed by atoms with Crippen LogP contribution in [-0.4, -0.2) is 29.4 Å². The number of carbonyl (C=O) groups is 2. The Kier molecular flexibility index (Phi) is 7.60. The predicted octanol–water partition coefficient (Wildman–Crippen LogP) is 3.72. The zero-order valence-electron chi connectivity index (χ0n) is 15.0. The smallest absolute Gasteiger partial charge is 0.243 e. The van der Waals surface area contributed by atoms with Crippen LogP contribution in [0.3, 0.4) is 0 Å². The topological polar surface area (TPSA) is 71.1 Å². The van der Waals surface area contributed by atoms with Crippen molar-refractivity contribution in [2.75, 3.05) is 6.54 Å². The molecule has 0 saturated heterocycles. The first-order valence-electron chi connectivity index (χ1n) is 8.67. The molecule has 2 unspecified atom stereocenters. The minimum Gasteiger partial charge on any atom is -0.351 e. The lowest BCUT2D eigenvalue weighted by Crippen LogP contribution is -2.47. The molecule has 26 heavy (non-hydrogen) atoms. The average Bonchev–Trinajstić information content (AvgIpc) is 3.04. The number of hydrogen-bond donors (Lipinski definition) is 2. The third-order valence-electron chi connectivity index (χ3n) is 4.32. The van der Waals surface area contributed by atoms with Gasteiger partial charge in [-0.05, 0) is 30.2 Å². The van der Waals surface area contributed by atoms with Gasteiger partial charge in [-0.2, -0.15) is 0 Å². The molecule has 0 saturated carbocycles. The predicted molar refractivity (Wildman–Crippen MR) is 108 cm³/mol. The lowest BCUT2D eigenvalue weighted by Gasteiger charge is -2.24. The number of fused-ring (bicyclic) bond motifs is 1. The molecule has 140 valence electrons. The molecule has 0 bridgehead atoms. The molecule has 0 fully saturated rings. The lowest BCUT2D eigenvalue weighted by atomic mass is 9.98. The van der Waals surface area contributed by atoms with Gasteiger partial charge in [0.05, 0.1) is 15.2 Å². The number of hydrogen-bond acceptors (Lipinski definition) is 4. The summed E-state index contributed by atoms with van der Waals surface area (Å²) in [6.45, 7) is 7.95. The van der Waals surface area contributed by atoms with Crippen LogP contribution in [0.15, 0.2) is 30.9 Å². The van der Waals surface area contributed by atoms with Crippen LogP contribution >= 0.6 is 22.9 Å². The minimum absolute atomic E-state index is 0.0413. The van der Waals surface area contributed by atoms with E-state index in [-0.39, 0.29) is 23.8 Å². The minimum atomic E-state index is -0.235. The fourth-order valence-electron chi connectivity index (χ4n) is 2.51. The highest BCUT2D eigenvalue weighted by molar-refractivity contribution is 7.18. The highest BCUT2D eigenvalue weighted by atomic mass is 35.5. The lowest BCUT2D eigenvalue weighted by molar-refractivity contribution is -0.122. The molecule has 1 heterocycles. The summed E-state index contributed by atoms with van der Waals surface area (Å²) in [7, 11) is 0. The second-order valence-corrected chi connectivity index (χ2v) is 7.78. The first kappa shape index (κ1) is 20.4. The summed E-state index contributed by atoms with van der Waals surface area (Å²) >= 11 is 7.55. The molecule has 0 spiro atoms. The van der Waals surface area contributed by atoms with E-state index in [4.69, 9.17) is 11.6 Å². The van der Waals surface area contributed by atoms with Gasteiger partial charge < -0.3 is 10.6 Å². The molecular weight excluding hydrogens is 370 g/mol. The Labute approximate surface area is 162 Å². The van der Waals surface area contributed by atoms with Crippen LogP contribution in [0.1, 0.15) is 31.7 Å². The standard InChI is InChI=1S/C19H24ClN3O2S/c1-4-12(3)15(11-21-17(24)5-2)22-18(25)8-9-19-23-14-7-6-13(20)10-16(14)26-19/h5-7,10,12,15H,2,4,8-9,11H2,1,3H3,(H,21,24)(H,22,25). The van der Waals surface area contributed by atoms with Crippen LogP contribution in [0, 0.1) is 5.92 Å². The number of nitrogens with one attached hydrogen (secondary N) is 2. The maximum absolute atomic E-state index is 12.3. The van der Waals surface area contributed by atoms with E-state index in [0.29, 0.717) is 24.4 Å². The van der Waals surface area contributed by atoms with Crippen molar-refractivity contribution in [1.82, 2.24) is 15.6 Å². The first-order chi connectivity index (χ1) is 12.4. The van der Waals surface area contributed by atoms with Crippen LogP contribution in [0.25, 0.3) is 10.2 Å². The van der Waals surface area contributed by atoms with Crippen molar-refractivity contribution < 1.29 is 9.59 Å². The van der Waals surface area contributed by atoms with E-state index < -0.39 is 0 Å². The third-order valence-corrected chi connectivity index (χ3v) is 5.63. The van der Waals surface area contributed by atoms with Gasteiger partial charge in [-0.1, -0.05) is 38.4 Å². The summed E-state index contributed by atoms with van der Waals surface area (Å²) < 4.78 is 1.03. The summed E-state index contributed by atoms with van der Waals surface area (Å²) in [5.74, 6) is -0.0187. The zero-order valence-corrected chi connectivity index (χ0v) is 16.6. The Balaban J connectivity index is 1.91. The molecule has 2 amide bonds. The Morgan fingerprint density at radius 2 is 2.19 bits per heavy atom. The van der Waals surface area contributed by atoms with Gasteiger partial charge in [0, 0.05) is 30.5 Å². The van der Waals surface area contributed by atoms with E-state index >= 15 is 0 Å². The SMILES string of the molecule is C=CC(=O)NCC(NC(=O)CCc1nc2ccc(Cl)cc2s1)C(C)CC. The quantitative estimate of drug-likeness (QED) is 0.638. The molecule has 2 N–H and O–H groups in total. The second-order valence-electron chi connectivity index (χ2n) is 6.23. The van der Waals surface area contributed by atoms with Crippen LogP contribution in [-0.2, 0) is 16.0 Å². The highest BCUT2D eigenvalue weighted by Gasteiger charge is 2.19. The Morgan fingerprint density at radius 1 is 1.42 bits per heavy atom. The maximum Gasteiger partial charge on any atom is 0.243 e. The van der Waals surface area contributed by atoms with Gasteiger partial charge in [-0.15, -0.1) is 11.3 Å². The first-order valence-corrected chi connectivity index (χ1v) is 9.87. The highest BCUT2D eigenvalue weighted by Crippen LogP contribution is 2.25. The van der Waals surface area contributed by atoms with E-state index in [1.165, 1.54) is 6.08 Å². The molecule has 2 aromatic rings. The number of rotatable bonds is 9. The fourth-order valence-corrected chi connectivity index (χ4v) is 3.76. The number of aryl methyl sites for hydroxylation is 1. The summed E-state index contributed by atoms with van der Waals surface area (Å²) in [5.41, 5.74) is 0.902. The van der Waals surface area contributed by atoms with Crippen molar-refractivity contribution in [3.05, 3.63) is 40.9 Å². The van der Waals surface area contributed by atoms with Gasteiger partial charge in [-0.25, -0.2) is 4.98 Å². The van der Waals surface area contributed by atoms with Gasteiger partial charge in [0.1, 0.15) is 0 Å². The molecule has 2 rings (SSSR count).